The fourth-order valence-corrected chi connectivity index (χ4v) is 5.90. The van der Waals surface area contributed by atoms with E-state index in [-0.39, 0.29) is 12.2 Å². The zero-order valence-electron chi connectivity index (χ0n) is 16.5. The van der Waals surface area contributed by atoms with Gasteiger partial charge in [0.15, 0.2) is 0 Å². The van der Waals surface area contributed by atoms with Gasteiger partial charge in [0.05, 0.1) is 18.1 Å². The molecule has 1 N–H and O–H groups in total. The number of cyclic esters (lactones) is 1. The normalized spacial score (nSPS) is 23.2. The summed E-state index contributed by atoms with van der Waals surface area (Å²) < 4.78 is 5.55. The molecule has 1 aromatic rings. The Morgan fingerprint density at radius 3 is 2.34 bits per heavy atom. The van der Waals surface area contributed by atoms with Crippen molar-refractivity contribution < 1.29 is 9.53 Å². The molecule has 9 heteroatoms. The maximum atomic E-state index is 12.4. The van der Waals surface area contributed by atoms with Crippen LogP contribution in [-0.4, -0.2) is 90.9 Å². The molecule has 4 rings (SSSR count). The summed E-state index contributed by atoms with van der Waals surface area (Å²) in [6.07, 6.45) is -0.464. The van der Waals surface area contributed by atoms with Crippen LogP contribution in [0.2, 0.25) is 0 Å². The van der Waals surface area contributed by atoms with Gasteiger partial charge in [-0.15, -0.1) is 0 Å². The SMILES string of the molecule is O=C1OC(CNC(=S)CN2CCSCC2)CN1c1ccc(N2CCSCC2)cc1. The van der Waals surface area contributed by atoms with Crippen molar-refractivity contribution in [3.05, 3.63) is 24.3 Å². The minimum atomic E-state index is -0.280. The second kappa shape index (κ2) is 10.2. The molecule has 0 saturated carbocycles. The van der Waals surface area contributed by atoms with Crippen molar-refractivity contribution in [1.29, 1.82) is 0 Å². The van der Waals surface area contributed by atoms with Crippen LogP contribution in [0.4, 0.5) is 16.2 Å². The summed E-state index contributed by atoms with van der Waals surface area (Å²) in [5.41, 5.74) is 2.11. The minimum absolute atomic E-state index is 0.184. The maximum absolute atomic E-state index is 12.4. The van der Waals surface area contributed by atoms with Gasteiger partial charge in [-0.3, -0.25) is 9.80 Å². The number of rotatable bonds is 6. The summed E-state index contributed by atoms with van der Waals surface area (Å²) in [5, 5.41) is 3.29. The summed E-state index contributed by atoms with van der Waals surface area (Å²) in [7, 11) is 0. The number of thiocarbonyl (C=S) groups is 1. The van der Waals surface area contributed by atoms with E-state index in [2.05, 4.69) is 27.2 Å². The first-order valence-corrected chi connectivity index (χ1v) is 12.9. The van der Waals surface area contributed by atoms with Crippen LogP contribution in [0, 0.1) is 0 Å². The Balaban J connectivity index is 1.25. The summed E-state index contributed by atoms with van der Waals surface area (Å²) in [5.74, 6) is 4.70. The lowest BCUT2D eigenvalue weighted by atomic mass is 10.2. The molecule has 0 spiro atoms. The monoisotopic (exact) mass is 452 g/mol. The largest absolute Gasteiger partial charge is 0.442 e. The number of ether oxygens (including phenoxy) is 1. The van der Waals surface area contributed by atoms with Crippen molar-refractivity contribution >= 4 is 58.2 Å². The van der Waals surface area contributed by atoms with Gasteiger partial charge in [0.2, 0.25) is 0 Å². The smallest absolute Gasteiger partial charge is 0.414 e. The first kappa shape index (κ1) is 21.1. The van der Waals surface area contributed by atoms with Gasteiger partial charge in [0.1, 0.15) is 6.10 Å². The highest BCUT2D eigenvalue weighted by Gasteiger charge is 2.32. The molecule has 1 amide bonds. The molecule has 0 bridgehead atoms. The first-order valence-electron chi connectivity index (χ1n) is 10.2. The molecule has 29 heavy (non-hydrogen) atoms. The van der Waals surface area contributed by atoms with Crippen molar-refractivity contribution in [3.8, 4) is 0 Å². The zero-order chi connectivity index (χ0) is 20.1. The van der Waals surface area contributed by atoms with E-state index < -0.39 is 0 Å². The number of nitrogens with zero attached hydrogens (tertiary/aromatic N) is 3. The molecule has 3 aliphatic heterocycles. The number of carbonyl (C=O) groups is 1. The summed E-state index contributed by atoms with van der Waals surface area (Å²) in [6, 6.07) is 8.26. The molecule has 3 aliphatic rings. The van der Waals surface area contributed by atoms with Crippen LogP contribution in [0.3, 0.4) is 0 Å². The topological polar surface area (TPSA) is 48.1 Å². The molecule has 1 unspecified atom stereocenters. The number of amides is 1. The van der Waals surface area contributed by atoms with E-state index in [9.17, 15) is 4.79 Å². The quantitative estimate of drug-likeness (QED) is 0.661. The lowest BCUT2D eigenvalue weighted by Gasteiger charge is -2.28. The molecule has 1 atom stereocenters. The molecule has 3 heterocycles. The third-order valence-corrected chi connectivity index (χ3v) is 7.57. The van der Waals surface area contributed by atoms with E-state index in [1.165, 1.54) is 28.7 Å². The molecular weight excluding hydrogens is 424 g/mol. The summed E-state index contributed by atoms with van der Waals surface area (Å²) in [4.78, 5) is 19.7. The van der Waals surface area contributed by atoms with Crippen molar-refractivity contribution in [2.45, 2.75) is 6.10 Å². The Bertz CT molecular complexity index is 706. The third kappa shape index (κ3) is 5.71. The Labute approximate surface area is 186 Å². The fraction of sp³-hybridized carbons (Fsp3) is 0.600. The fourth-order valence-electron chi connectivity index (χ4n) is 3.75. The van der Waals surface area contributed by atoms with Crippen LogP contribution in [-0.2, 0) is 4.74 Å². The molecule has 1 aromatic carbocycles. The number of hydrogen-bond donors (Lipinski definition) is 1. The molecule has 158 valence electrons. The van der Waals surface area contributed by atoms with E-state index in [4.69, 9.17) is 17.0 Å². The van der Waals surface area contributed by atoms with Crippen molar-refractivity contribution in [1.82, 2.24) is 10.2 Å². The van der Waals surface area contributed by atoms with Crippen LogP contribution in [0.1, 0.15) is 0 Å². The third-order valence-electron chi connectivity index (χ3n) is 5.41. The highest BCUT2D eigenvalue weighted by Crippen LogP contribution is 2.26. The average Bonchev–Trinajstić information content (AvgIpc) is 3.14. The Hall–Kier alpha value is -1.16. The highest BCUT2D eigenvalue weighted by atomic mass is 32.2. The zero-order valence-corrected chi connectivity index (χ0v) is 19.0. The van der Waals surface area contributed by atoms with Gasteiger partial charge < -0.3 is 15.0 Å². The number of thioether (sulfide) groups is 2. The molecule has 3 fully saturated rings. The first-order chi connectivity index (χ1) is 14.2. The molecule has 6 nitrogen and oxygen atoms in total. The van der Waals surface area contributed by atoms with Crippen molar-refractivity contribution in [2.75, 3.05) is 78.6 Å². The van der Waals surface area contributed by atoms with E-state index in [1.54, 1.807) is 4.90 Å². The van der Waals surface area contributed by atoms with Crippen molar-refractivity contribution in [3.63, 3.8) is 0 Å². The summed E-state index contributed by atoms with van der Waals surface area (Å²) in [6.45, 7) is 6.24. The van der Waals surface area contributed by atoms with Gasteiger partial charge in [0, 0.05) is 67.1 Å². The number of carbonyl (C=O) groups excluding carboxylic acids is 1. The lowest BCUT2D eigenvalue weighted by molar-refractivity contribution is 0.142. The lowest BCUT2D eigenvalue weighted by Crippen LogP contribution is -2.42. The van der Waals surface area contributed by atoms with Gasteiger partial charge in [-0.1, -0.05) is 12.2 Å². The van der Waals surface area contributed by atoms with Crippen LogP contribution in [0.5, 0.6) is 0 Å². The van der Waals surface area contributed by atoms with E-state index in [1.807, 2.05) is 35.7 Å². The van der Waals surface area contributed by atoms with Crippen LogP contribution in [0.25, 0.3) is 0 Å². The van der Waals surface area contributed by atoms with Gasteiger partial charge in [0.25, 0.3) is 0 Å². The number of nitrogens with one attached hydrogen (secondary N) is 1. The Morgan fingerprint density at radius 1 is 1.03 bits per heavy atom. The highest BCUT2D eigenvalue weighted by molar-refractivity contribution is 7.99. The predicted molar refractivity (Wildman–Crippen MR) is 128 cm³/mol. The summed E-state index contributed by atoms with van der Waals surface area (Å²) >= 11 is 9.48. The van der Waals surface area contributed by atoms with E-state index in [0.717, 1.165) is 43.4 Å². The van der Waals surface area contributed by atoms with Crippen LogP contribution >= 0.6 is 35.7 Å². The van der Waals surface area contributed by atoms with Gasteiger partial charge in [-0.2, -0.15) is 23.5 Å². The number of anilines is 2. The Kier molecular flexibility index (Phi) is 7.44. The van der Waals surface area contributed by atoms with Crippen LogP contribution < -0.4 is 15.1 Å². The predicted octanol–water partition coefficient (Wildman–Crippen LogP) is 2.53. The van der Waals surface area contributed by atoms with Gasteiger partial charge in [-0.25, -0.2) is 4.79 Å². The van der Waals surface area contributed by atoms with Crippen LogP contribution in [0.15, 0.2) is 24.3 Å². The molecule has 0 aromatic heterocycles. The van der Waals surface area contributed by atoms with Gasteiger partial charge >= 0.3 is 6.09 Å². The minimum Gasteiger partial charge on any atom is -0.442 e. The second-order valence-corrected chi connectivity index (χ2v) is 10.4. The number of hydrogen-bond acceptors (Lipinski definition) is 7. The van der Waals surface area contributed by atoms with E-state index >= 15 is 0 Å². The average molecular weight is 453 g/mol. The molecular formula is C20H28N4O2S3. The Morgan fingerprint density at radius 2 is 1.66 bits per heavy atom. The standard InChI is InChI=1S/C20H28N4O2S3/c25-20-24(17-3-1-16(2-4-17)23-7-11-29-12-8-23)14-18(26-20)13-21-19(27)15-22-5-9-28-10-6-22/h1-4,18H,5-15H2,(H,21,27). The second-order valence-electron chi connectivity index (χ2n) is 7.42. The number of benzene rings is 1. The maximum Gasteiger partial charge on any atom is 0.414 e. The van der Waals surface area contributed by atoms with E-state index in [0.29, 0.717) is 13.1 Å². The molecule has 0 radical (unpaired) electrons. The molecule has 3 saturated heterocycles. The van der Waals surface area contributed by atoms with Crippen molar-refractivity contribution in [2.24, 2.45) is 0 Å². The van der Waals surface area contributed by atoms with Gasteiger partial charge in [-0.05, 0) is 24.3 Å². The molecule has 0 aliphatic carbocycles.